The van der Waals surface area contributed by atoms with Crippen LogP contribution in [0.5, 0.6) is 0 Å². The van der Waals surface area contributed by atoms with Crippen molar-refractivity contribution >= 4 is 11.5 Å². The van der Waals surface area contributed by atoms with Gasteiger partial charge in [0, 0.05) is 36.4 Å². The molecule has 10 heteroatoms. The number of benzene rings is 1. The fourth-order valence-electron chi connectivity index (χ4n) is 4.35. The average Bonchev–Trinajstić information content (AvgIpc) is 3.44. The minimum Gasteiger partial charge on any atom is -0.369 e. The topological polar surface area (TPSA) is 135 Å². The van der Waals surface area contributed by atoms with E-state index in [1.807, 2.05) is 18.7 Å². The van der Waals surface area contributed by atoms with Crippen molar-refractivity contribution in [3.8, 4) is 22.5 Å². The summed E-state index contributed by atoms with van der Waals surface area (Å²) in [6, 6.07) is 11.5. The number of pyridine rings is 1. The lowest BCUT2D eigenvalue weighted by Gasteiger charge is -2.25. The van der Waals surface area contributed by atoms with Gasteiger partial charge in [-0.05, 0) is 43.5 Å². The number of nitrogens with zero attached hydrogens (tertiary/aromatic N) is 5. The molecule has 1 saturated heterocycles. The number of nitrogens with one attached hydrogen (secondary N) is 3. The number of hydrogen-bond donors (Lipinski definition) is 3. The Balaban J connectivity index is 1.41. The molecule has 5 rings (SSSR count). The molecule has 10 nitrogen and oxygen atoms in total. The van der Waals surface area contributed by atoms with Crippen LogP contribution in [0.15, 0.2) is 61.3 Å². The zero-order chi connectivity index (χ0) is 24.0. The first-order chi connectivity index (χ1) is 17.2. The Bertz CT molecular complexity index is 1290. The van der Waals surface area contributed by atoms with E-state index in [-0.39, 0.29) is 5.69 Å². The molecule has 0 atom stereocenters. The monoisotopic (exact) mass is 469 g/mol. The van der Waals surface area contributed by atoms with Gasteiger partial charge in [0.25, 0.3) is 5.69 Å². The van der Waals surface area contributed by atoms with Gasteiger partial charge in [0.05, 0.1) is 28.8 Å². The molecule has 1 fully saturated rings. The van der Waals surface area contributed by atoms with Crippen molar-refractivity contribution in [2.75, 3.05) is 25.0 Å². The van der Waals surface area contributed by atoms with Gasteiger partial charge in [-0.2, -0.15) is 0 Å². The van der Waals surface area contributed by atoms with Gasteiger partial charge in [-0.15, -0.1) is 0 Å². The highest BCUT2D eigenvalue weighted by Gasteiger charge is 2.22. The number of imidazole rings is 1. The van der Waals surface area contributed by atoms with E-state index < -0.39 is 4.92 Å². The second-order valence-electron chi connectivity index (χ2n) is 8.31. The molecule has 0 aliphatic carbocycles. The van der Waals surface area contributed by atoms with Crippen LogP contribution in [0.4, 0.5) is 11.5 Å². The van der Waals surface area contributed by atoms with Crippen LogP contribution in [0.25, 0.3) is 22.5 Å². The summed E-state index contributed by atoms with van der Waals surface area (Å²) in [5.74, 6) is 1.59. The molecule has 1 aliphatic rings. The van der Waals surface area contributed by atoms with Crippen molar-refractivity contribution in [3.63, 3.8) is 0 Å². The summed E-state index contributed by atoms with van der Waals surface area (Å²) in [7, 11) is 0. The van der Waals surface area contributed by atoms with E-state index in [1.165, 1.54) is 17.8 Å². The second kappa shape index (κ2) is 10.4. The molecule has 35 heavy (non-hydrogen) atoms. The van der Waals surface area contributed by atoms with E-state index in [0.29, 0.717) is 24.1 Å². The van der Waals surface area contributed by atoms with Crippen LogP contribution in [0, 0.1) is 16.5 Å². The highest BCUT2D eigenvalue weighted by atomic mass is 16.6. The van der Waals surface area contributed by atoms with E-state index in [4.69, 9.17) is 4.98 Å². The number of piperidine rings is 1. The summed E-state index contributed by atoms with van der Waals surface area (Å²) in [5.41, 5.74) is 4.97. The molecule has 177 valence electrons. The SMILES string of the molecule is O=[N+]([O-])c1ccc(NC[CH]c2ncc(-c3cnc[nH]3)c(-c3ccccc3C3CCNCC3)n2)nc1. The van der Waals surface area contributed by atoms with Gasteiger partial charge in [-0.25, -0.2) is 19.9 Å². The Morgan fingerprint density at radius 2 is 1.91 bits per heavy atom. The molecule has 0 amide bonds. The first kappa shape index (κ1) is 22.6. The number of rotatable bonds is 8. The third-order valence-electron chi connectivity index (χ3n) is 6.12. The molecule has 0 unspecified atom stereocenters. The number of aromatic nitrogens is 5. The Morgan fingerprint density at radius 1 is 1.06 bits per heavy atom. The molecule has 3 aromatic heterocycles. The minimum absolute atomic E-state index is 0.0469. The third-order valence-corrected chi connectivity index (χ3v) is 6.12. The van der Waals surface area contributed by atoms with Crippen LogP contribution in [0.3, 0.4) is 0 Å². The number of nitro groups is 1. The van der Waals surface area contributed by atoms with Gasteiger partial charge < -0.3 is 15.6 Å². The van der Waals surface area contributed by atoms with E-state index in [9.17, 15) is 10.1 Å². The van der Waals surface area contributed by atoms with Crippen LogP contribution in [-0.2, 0) is 0 Å². The molecule has 3 N–H and O–H groups in total. The molecule has 1 aromatic carbocycles. The van der Waals surface area contributed by atoms with Gasteiger partial charge in [0.15, 0.2) is 0 Å². The van der Waals surface area contributed by atoms with Crippen molar-refractivity contribution < 1.29 is 4.92 Å². The van der Waals surface area contributed by atoms with Gasteiger partial charge in [0.1, 0.15) is 17.8 Å². The average molecular weight is 470 g/mol. The lowest BCUT2D eigenvalue weighted by atomic mass is 9.85. The number of H-pyrrole nitrogens is 1. The quantitative estimate of drug-likeness (QED) is 0.261. The number of hydrogen-bond acceptors (Lipinski definition) is 8. The zero-order valence-corrected chi connectivity index (χ0v) is 19.0. The Hall–Kier alpha value is -4.18. The first-order valence-electron chi connectivity index (χ1n) is 11.5. The predicted molar refractivity (Wildman–Crippen MR) is 133 cm³/mol. The van der Waals surface area contributed by atoms with Crippen molar-refractivity contribution in [1.82, 2.24) is 30.2 Å². The van der Waals surface area contributed by atoms with Crippen LogP contribution in [0.2, 0.25) is 0 Å². The lowest BCUT2D eigenvalue weighted by Crippen LogP contribution is -2.26. The molecule has 4 heterocycles. The maximum atomic E-state index is 10.8. The van der Waals surface area contributed by atoms with Crippen molar-refractivity contribution in [3.05, 3.63) is 89.2 Å². The first-order valence-corrected chi connectivity index (χ1v) is 11.5. The maximum absolute atomic E-state index is 10.8. The zero-order valence-electron chi connectivity index (χ0n) is 19.0. The van der Waals surface area contributed by atoms with Gasteiger partial charge in [0.2, 0.25) is 0 Å². The van der Waals surface area contributed by atoms with E-state index in [2.05, 4.69) is 48.8 Å². The van der Waals surface area contributed by atoms with Crippen LogP contribution in [-0.4, -0.2) is 49.5 Å². The Labute approximate surface area is 202 Å². The molecular weight excluding hydrogens is 444 g/mol. The summed E-state index contributed by atoms with van der Waals surface area (Å²) >= 11 is 0. The fourth-order valence-corrected chi connectivity index (χ4v) is 4.35. The lowest BCUT2D eigenvalue weighted by molar-refractivity contribution is -0.385. The minimum atomic E-state index is -0.471. The predicted octanol–water partition coefficient (Wildman–Crippen LogP) is 3.97. The second-order valence-corrected chi connectivity index (χ2v) is 8.31. The largest absolute Gasteiger partial charge is 0.369 e. The van der Waals surface area contributed by atoms with Crippen molar-refractivity contribution in [1.29, 1.82) is 0 Å². The maximum Gasteiger partial charge on any atom is 0.287 e. The summed E-state index contributed by atoms with van der Waals surface area (Å²) in [6.07, 6.45) is 10.5. The van der Waals surface area contributed by atoms with Crippen molar-refractivity contribution in [2.45, 2.75) is 18.8 Å². The Kier molecular flexibility index (Phi) is 6.71. The summed E-state index contributed by atoms with van der Waals surface area (Å²) in [6.45, 7) is 2.44. The summed E-state index contributed by atoms with van der Waals surface area (Å²) in [5, 5.41) is 17.4. The molecular formula is C25H25N8O2. The van der Waals surface area contributed by atoms with Crippen LogP contribution in [0.1, 0.15) is 30.1 Å². The van der Waals surface area contributed by atoms with E-state index >= 15 is 0 Å². The molecule has 0 saturated carbocycles. The highest BCUT2D eigenvalue weighted by Crippen LogP contribution is 2.37. The van der Waals surface area contributed by atoms with Gasteiger partial charge in [-0.1, -0.05) is 24.3 Å². The highest BCUT2D eigenvalue weighted by molar-refractivity contribution is 5.80. The third kappa shape index (κ3) is 5.17. The van der Waals surface area contributed by atoms with Gasteiger partial charge >= 0.3 is 0 Å². The molecule has 1 aliphatic heterocycles. The number of aromatic amines is 1. The normalized spacial score (nSPS) is 14.1. The summed E-state index contributed by atoms with van der Waals surface area (Å²) < 4.78 is 0. The van der Waals surface area contributed by atoms with Crippen molar-refractivity contribution in [2.24, 2.45) is 0 Å². The number of anilines is 1. The fraction of sp³-hybridized carbons (Fsp3) is 0.240. The van der Waals surface area contributed by atoms with E-state index in [0.717, 1.165) is 48.4 Å². The Morgan fingerprint density at radius 3 is 2.66 bits per heavy atom. The smallest absolute Gasteiger partial charge is 0.287 e. The molecule has 0 spiro atoms. The molecule has 0 bridgehead atoms. The van der Waals surface area contributed by atoms with Gasteiger partial charge in [-0.3, -0.25) is 10.1 Å². The van der Waals surface area contributed by atoms with E-state index in [1.54, 1.807) is 18.6 Å². The molecule has 1 radical (unpaired) electrons. The summed E-state index contributed by atoms with van der Waals surface area (Å²) in [4.78, 5) is 31.3. The molecule has 4 aromatic rings. The standard InChI is InChI=1S/C25H25N8O2/c34-33(35)18-5-6-23(29-13-18)28-12-9-24-30-14-21(22-15-27-16-31-22)25(32-24)20-4-2-1-3-19(20)17-7-10-26-11-8-17/h1-6,9,13-17,26H,7-8,10-12H2,(H,27,31)(H,28,29). The van der Waals surface area contributed by atoms with Crippen LogP contribution >= 0.6 is 0 Å². The van der Waals surface area contributed by atoms with Crippen LogP contribution < -0.4 is 10.6 Å².